The van der Waals surface area contributed by atoms with Crippen LogP contribution in [-0.2, 0) is 10.0 Å². The summed E-state index contributed by atoms with van der Waals surface area (Å²) in [5.74, 6) is 1.53. The van der Waals surface area contributed by atoms with Crippen molar-refractivity contribution in [1.29, 1.82) is 0 Å². The van der Waals surface area contributed by atoms with E-state index in [0.29, 0.717) is 33.9 Å². The van der Waals surface area contributed by atoms with Crippen molar-refractivity contribution in [1.82, 2.24) is 10.2 Å². The molecule has 1 heterocycles. The second kappa shape index (κ2) is 8.83. The van der Waals surface area contributed by atoms with E-state index in [0.717, 1.165) is 0 Å². The van der Waals surface area contributed by atoms with E-state index in [1.54, 1.807) is 44.4 Å². The average molecular weight is 468 g/mol. The molecule has 0 saturated carbocycles. The normalized spacial score (nSPS) is 11.2. The number of aromatic hydroxyl groups is 1. The fourth-order valence-electron chi connectivity index (χ4n) is 3.19. The van der Waals surface area contributed by atoms with Crippen molar-refractivity contribution >= 4 is 15.7 Å². The zero-order valence-corrected chi connectivity index (χ0v) is 18.9. The zero-order chi connectivity index (χ0) is 23.6. The number of benzene rings is 3. The van der Waals surface area contributed by atoms with Crippen molar-refractivity contribution in [3.63, 3.8) is 0 Å². The van der Waals surface area contributed by atoms with Crippen LogP contribution in [0.2, 0.25) is 0 Å². The minimum Gasteiger partial charge on any atom is -0.508 e. The summed E-state index contributed by atoms with van der Waals surface area (Å²) in [6.45, 7) is 1.69. The van der Waals surface area contributed by atoms with Gasteiger partial charge in [0.25, 0.3) is 10.0 Å². The fourth-order valence-corrected chi connectivity index (χ4v) is 4.52. The molecule has 33 heavy (non-hydrogen) atoms. The van der Waals surface area contributed by atoms with Crippen LogP contribution in [0.5, 0.6) is 17.2 Å². The molecule has 0 spiro atoms. The molecule has 0 radical (unpaired) electrons. The Hall–Kier alpha value is -4.05. The summed E-state index contributed by atoms with van der Waals surface area (Å²) in [6, 6.07) is 15.8. The number of rotatable bonds is 7. The minimum absolute atomic E-state index is 0.0396. The highest BCUT2D eigenvalue weighted by atomic mass is 32.2. The quantitative estimate of drug-likeness (QED) is 0.387. The third-order valence-corrected chi connectivity index (χ3v) is 6.42. The first kappa shape index (κ1) is 22.2. The van der Waals surface area contributed by atoms with Crippen molar-refractivity contribution in [2.24, 2.45) is 0 Å². The van der Waals surface area contributed by atoms with Crippen molar-refractivity contribution < 1.29 is 27.4 Å². The highest BCUT2D eigenvalue weighted by Gasteiger charge is 2.20. The molecule has 0 unspecified atom stereocenters. The number of anilines is 1. The van der Waals surface area contributed by atoms with Crippen LogP contribution >= 0.6 is 0 Å². The lowest BCUT2D eigenvalue weighted by Crippen LogP contribution is -2.14. The van der Waals surface area contributed by atoms with Gasteiger partial charge in [-0.05, 0) is 67.1 Å². The highest BCUT2D eigenvalue weighted by Crippen LogP contribution is 2.33. The monoisotopic (exact) mass is 467 g/mol. The van der Waals surface area contributed by atoms with Gasteiger partial charge in [0.2, 0.25) is 11.8 Å². The number of methoxy groups -OCH3 is 2. The smallest absolute Gasteiger partial charge is 0.262 e. The SMILES string of the molecule is COc1ccc(-c2nnc(-c3ccc(C)c(S(=O)(=O)Nc4ccc(O)cc4)c3)o2)cc1OC. The van der Waals surface area contributed by atoms with Crippen LogP contribution in [0.1, 0.15) is 5.56 Å². The first-order valence-electron chi connectivity index (χ1n) is 9.79. The molecule has 0 aliphatic carbocycles. The summed E-state index contributed by atoms with van der Waals surface area (Å²) >= 11 is 0. The van der Waals surface area contributed by atoms with Crippen LogP contribution < -0.4 is 14.2 Å². The van der Waals surface area contributed by atoms with Crippen molar-refractivity contribution in [2.75, 3.05) is 18.9 Å². The van der Waals surface area contributed by atoms with Crippen LogP contribution in [0.3, 0.4) is 0 Å². The second-order valence-electron chi connectivity index (χ2n) is 7.11. The van der Waals surface area contributed by atoms with Gasteiger partial charge >= 0.3 is 0 Å². The molecular weight excluding hydrogens is 446 g/mol. The van der Waals surface area contributed by atoms with Crippen molar-refractivity contribution in [3.8, 4) is 40.2 Å². The molecule has 4 rings (SSSR count). The molecule has 0 saturated heterocycles. The molecule has 0 aliphatic heterocycles. The number of aromatic nitrogens is 2. The standard InChI is InChI=1S/C23H21N3O6S/c1-14-4-5-16(13-21(14)33(28,29)26-17-7-9-18(27)10-8-17)23-25-24-22(32-23)15-6-11-19(30-2)20(12-15)31-3/h4-13,26-27H,1-3H3. The third kappa shape index (κ3) is 4.60. The molecule has 9 nitrogen and oxygen atoms in total. The summed E-state index contributed by atoms with van der Waals surface area (Å²) in [5.41, 5.74) is 1.95. The number of phenols is 1. The predicted molar refractivity (Wildman–Crippen MR) is 122 cm³/mol. The van der Waals surface area contributed by atoms with E-state index in [1.807, 2.05) is 0 Å². The molecule has 4 aromatic rings. The summed E-state index contributed by atoms with van der Waals surface area (Å²) in [4.78, 5) is 0.0685. The van der Waals surface area contributed by atoms with Crippen LogP contribution in [-0.4, -0.2) is 37.9 Å². The molecule has 0 amide bonds. The summed E-state index contributed by atoms with van der Waals surface area (Å²) in [6.07, 6.45) is 0. The predicted octanol–water partition coefficient (Wildman–Crippen LogP) is 4.24. The van der Waals surface area contributed by atoms with Gasteiger partial charge < -0.3 is 19.0 Å². The van der Waals surface area contributed by atoms with Crippen LogP contribution in [0.15, 0.2) is 70.0 Å². The van der Waals surface area contributed by atoms with Crippen molar-refractivity contribution in [2.45, 2.75) is 11.8 Å². The molecule has 2 N–H and O–H groups in total. The number of ether oxygens (including phenoxy) is 2. The Morgan fingerprint density at radius 3 is 2.09 bits per heavy atom. The lowest BCUT2D eigenvalue weighted by atomic mass is 10.1. The maximum absolute atomic E-state index is 13.0. The molecule has 1 aromatic heterocycles. The fraction of sp³-hybridized carbons (Fsp3) is 0.130. The molecule has 0 atom stereocenters. The van der Waals surface area contributed by atoms with Gasteiger partial charge in [0.1, 0.15) is 5.75 Å². The van der Waals surface area contributed by atoms with Gasteiger partial charge in [0.05, 0.1) is 19.1 Å². The third-order valence-electron chi connectivity index (χ3n) is 4.90. The number of sulfonamides is 1. The Morgan fingerprint density at radius 1 is 0.848 bits per heavy atom. The van der Waals surface area contributed by atoms with Gasteiger partial charge in [-0.3, -0.25) is 4.72 Å². The number of nitrogens with one attached hydrogen (secondary N) is 1. The van der Waals surface area contributed by atoms with Gasteiger partial charge in [0, 0.05) is 16.8 Å². The molecule has 170 valence electrons. The van der Waals surface area contributed by atoms with Crippen LogP contribution in [0, 0.1) is 6.92 Å². The van der Waals surface area contributed by atoms with E-state index in [1.165, 1.54) is 37.4 Å². The summed E-state index contributed by atoms with van der Waals surface area (Å²) < 4.78 is 44.8. The maximum Gasteiger partial charge on any atom is 0.262 e. The molecule has 0 fully saturated rings. The number of hydrogen-bond donors (Lipinski definition) is 2. The van der Waals surface area contributed by atoms with E-state index in [4.69, 9.17) is 13.9 Å². The molecule has 10 heteroatoms. The van der Waals surface area contributed by atoms with Gasteiger partial charge in [-0.15, -0.1) is 10.2 Å². The highest BCUT2D eigenvalue weighted by molar-refractivity contribution is 7.92. The summed E-state index contributed by atoms with van der Waals surface area (Å²) in [7, 11) is -0.829. The van der Waals surface area contributed by atoms with Gasteiger partial charge in [-0.1, -0.05) is 6.07 Å². The molecule has 0 aliphatic rings. The molecule has 3 aromatic carbocycles. The lowest BCUT2D eigenvalue weighted by Gasteiger charge is -2.11. The zero-order valence-electron chi connectivity index (χ0n) is 18.1. The maximum atomic E-state index is 13.0. The Morgan fingerprint density at radius 2 is 1.45 bits per heavy atom. The first-order chi connectivity index (χ1) is 15.8. The second-order valence-corrected chi connectivity index (χ2v) is 8.77. The van der Waals surface area contributed by atoms with E-state index in [2.05, 4.69) is 14.9 Å². The van der Waals surface area contributed by atoms with E-state index in [9.17, 15) is 13.5 Å². The van der Waals surface area contributed by atoms with Gasteiger partial charge in [0.15, 0.2) is 11.5 Å². The summed E-state index contributed by atoms with van der Waals surface area (Å²) in [5, 5.41) is 17.6. The van der Waals surface area contributed by atoms with Crippen LogP contribution in [0.25, 0.3) is 22.9 Å². The van der Waals surface area contributed by atoms with Crippen LogP contribution in [0.4, 0.5) is 5.69 Å². The van der Waals surface area contributed by atoms with E-state index >= 15 is 0 Å². The molecule has 0 bridgehead atoms. The number of phenolic OH excluding ortho intramolecular Hbond substituents is 1. The Labute approximate surface area is 190 Å². The Bertz CT molecular complexity index is 1400. The lowest BCUT2D eigenvalue weighted by molar-refractivity contribution is 0.355. The number of aryl methyl sites for hydroxylation is 1. The average Bonchev–Trinajstić information content (AvgIpc) is 3.30. The van der Waals surface area contributed by atoms with Gasteiger partial charge in [-0.2, -0.15) is 0 Å². The van der Waals surface area contributed by atoms with E-state index in [-0.39, 0.29) is 22.4 Å². The Balaban J connectivity index is 1.66. The van der Waals surface area contributed by atoms with Crippen molar-refractivity contribution in [3.05, 3.63) is 66.2 Å². The number of hydrogen-bond acceptors (Lipinski definition) is 8. The topological polar surface area (TPSA) is 124 Å². The minimum atomic E-state index is -3.90. The first-order valence-corrected chi connectivity index (χ1v) is 11.3. The number of nitrogens with zero attached hydrogens (tertiary/aromatic N) is 2. The molecular formula is C23H21N3O6S. The largest absolute Gasteiger partial charge is 0.508 e. The van der Waals surface area contributed by atoms with E-state index < -0.39 is 10.0 Å². The Kier molecular flexibility index (Phi) is 5.93. The van der Waals surface area contributed by atoms with Gasteiger partial charge in [-0.25, -0.2) is 8.42 Å².